The van der Waals surface area contributed by atoms with Gasteiger partial charge in [0.2, 0.25) is 0 Å². The van der Waals surface area contributed by atoms with Crippen molar-refractivity contribution in [3.05, 3.63) is 29.3 Å². The van der Waals surface area contributed by atoms with Gasteiger partial charge in [0.15, 0.2) is 0 Å². The second-order valence-electron chi connectivity index (χ2n) is 5.24. The van der Waals surface area contributed by atoms with E-state index in [2.05, 4.69) is 19.2 Å². The number of rotatable bonds is 7. The van der Waals surface area contributed by atoms with Gasteiger partial charge in [-0.3, -0.25) is 9.59 Å². The lowest BCUT2D eigenvalue weighted by atomic mass is 9.97. The summed E-state index contributed by atoms with van der Waals surface area (Å²) in [5, 5.41) is 20.6. The summed E-state index contributed by atoms with van der Waals surface area (Å²) in [7, 11) is 0. The van der Waals surface area contributed by atoms with Gasteiger partial charge in [0.25, 0.3) is 0 Å². The third-order valence-electron chi connectivity index (χ3n) is 3.21. The summed E-state index contributed by atoms with van der Waals surface area (Å²) < 4.78 is 0. The molecule has 0 bridgehead atoms. The van der Waals surface area contributed by atoms with Crippen LogP contribution in [0.2, 0.25) is 0 Å². The van der Waals surface area contributed by atoms with Crippen molar-refractivity contribution in [1.29, 1.82) is 0 Å². The molecule has 110 valence electrons. The smallest absolute Gasteiger partial charge is 0.308 e. The SMILES string of the molecule is Cc1cc(NC[C@H](CC(=O)O)C(=O)O)ccc1C(C)C. The maximum absolute atomic E-state index is 11.0. The van der Waals surface area contributed by atoms with Crippen LogP contribution in [-0.2, 0) is 9.59 Å². The molecule has 0 saturated carbocycles. The highest BCUT2D eigenvalue weighted by atomic mass is 16.4. The first-order chi connectivity index (χ1) is 9.31. The van der Waals surface area contributed by atoms with Gasteiger partial charge in [-0.25, -0.2) is 0 Å². The quantitative estimate of drug-likeness (QED) is 0.714. The Morgan fingerprint density at radius 2 is 1.90 bits per heavy atom. The Bertz CT molecular complexity index is 497. The normalized spacial score (nSPS) is 12.2. The number of aliphatic carboxylic acids is 2. The molecule has 0 spiro atoms. The lowest BCUT2D eigenvalue weighted by Crippen LogP contribution is -2.25. The number of aryl methyl sites for hydroxylation is 1. The average Bonchev–Trinajstić information content (AvgIpc) is 2.33. The van der Waals surface area contributed by atoms with Gasteiger partial charge in [-0.2, -0.15) is 0 Å². The first kappa shape index (κ1) is 16.0. The molecule has 0 fully saturated rings. The Balaban J connectivity index is 2.71. The van der Waals surface area contributed by atoms with Crippen molar-refractivity contribution in [1.82, 2.24) is 0 Å². The molecule has 0 amide bonds. The Hall–Kier alpha value is -2.04. The first-order valence-corrected chi connectivity index (χ1v) is 6.60. The molecule has 0 heterocycles. The van der Waals surface area contributed by atoms with E-state index in [0.717, 1.165) is 11.3 Å². The van der Waals surface area contributed by atoms with Crippen LogP contribution in [0, 0.1) is 12.8 Å². The third kappa shape index (κ3) is 4.57. The molecule has 3 N–H and O–H groups in total. The van der Waals surface area contributed by atoms with Crippen molar-refractivity contribution in [2.24, 2.45) is 5.92 Å². The summed E-state index contributed by atoms with van der Waals surface area (Å²) in [5.41, 5.74) is 3.19. The van der Waals surface area contributed by atoms with Crippen LogP contribution >= 0.6 is 0 Å². The number of carboxylic acid groups (broad SMARTS) is 2. The lowest BCUT2D eigenvalue weighted by molar-refractivity contribution is -0.147. The number of benzene rings is 1. The highest BCUT2D eigenvalue weighted by Gasteiger charge is 2.20. The number of hydrogen-bond acceptors (Lipinski definition) is 3. The molecule has 5 heteroatoms. The predicted octanol–water partition coefficient (Wildman–Crippen LogP) is 2.71. The molecule has 0 aromatic heterocycles. The van der Waals surface area contributed by atoms with Gasteiger partial charge < -0.3 is 15.5 Å². The van der Waals surface area contributed by atoms with Crippen LogP contribution in [0.4, 0.5) is 5.69 Å². The van der Waals surface area contributed by atoms with Crippen LogP contribution in [0.5, 0.6) is 0 Å². The Morgan fingerprint density at radius 1 is 1.25 bits per heavy atom. The van der Waals surface area contributed by atoms with Crippen molar-refractivity contribution in [3.63, 3.8) is 0 Å². The number of carbonyl (C=O) groups is 2. The summed E-state index contributed by atoms with van der Waals surface area (Å²) in [4.78, 5) is 21.6. The zero-order chi connectivity index (χ0) is 15.3. The van der Waals surface area contributed by atoms with Gasteiger partial charge in [0.1, 0.15) is 0 Å². The van der Waals surface area contributed by atoms with E-state index in [9.17, 15) is 9.59 Å². The van der Waals surface area contributed by atoms with Crippen LogP contribution in [0.25, 0.3) is 0 Å². The van der Waals surface area contributed by atoms with E-state index in [4.69, 9.17) is 10.2 Å². The van der Waals surface area contributed by atoms with Crippen molar-refractivity contribution in [2.45, 2.75) is 33.1 Å². The van der Waals surface area contributed by atoms with Gasteiger partial charge in [0, 0.05) is 12.2 Å². The van der Waals surface area contributed by atoms with E-state index in [-0.39, 0.29) is 13.0 Å². The lowest BCUT2D eigenvalue weighted by Gasteiger charge is -2.15. The molecule has 0 aliphatic rings. The number of hydrogen-bond donors (Lipinski definition) is 3. The van der Waals surface area contributed by atoms with E-state index in [1.807, 2.05) is 25.1 Å². The second-order valence-corrected chi connectivity index (χ2v) is 5.24. The summed E-state index contributed by atoms with van der Waals surface area (Å²) >= 11 is 0. The van der Waals surface area contributed by atoms with Crippen molar-refractivity contribution in [2.75, 3.05) is 11.9 Å². The van der Waals surface area contributed by atoms with E-state index >= 15 is 0 Å². The molecule has 0 aliphatic heterocycles. The minimum atomic E-state index is -1.11. The van der Waals surface area contributed by atoms with Gasteiger partial charge in [-0.05, 0) is 36.1 Å². The van der Waals surface area contributed by atoms with Gasteiger partial charge in [0.05, 0.1) is 12.3 Å². The largest absolute Gasteiger partial charge is 0.481 e. The molecule has 1 aromatic rings. The molecule has 0 saturated heterocycles. The highest BCUT2D eigenvalue weighted by molar-refractivity contribution is 5.78. The Kier molecular flexibility index (Phi) is 5.55. The first-order valence-electron chi connectivity index (χ1n) is 6.60. The van der Waals surface area contributed by atoms with Crippen LogP contribution in [0.3, 0.4) is 0 Å². The van der Waals surface area contributed by atoms with Gasteiger partial charge in [-0.15, -0.1) is 0 Å². The summed E-state index contributed by atoms with van der Waals surface area (Å²) in [6.07, 6.45) is -0.384. The third-order valence-corrected chi connectivity index (χ3v) is 3.21. The van der Waals surface area contributed by atoms with Crippen LogP contribution in [0.1, 0.15) is 37.3 Å². The summed E-state index contributed by atoms with van der Waals surface area (Å²) in [6, 6.07) is 5.85. The van der Waals surface area contributed by atoms with E-state index in [1.54, 1.807) is 0 Å². The van der Waals surface area contributed by atoms with Crippen LogP contribution in [0.15, 0.2) is 18.2 Å². The molecule has 20 heavy (non-hydrogen) atoms. The fourth-order valence-corrected chi connectivity index (χ4v) is 2.13. The highest BCUT2D eigenvalue weighted by Crippen LogP contribution is 2.22. The molecular weight excluding hydrogens is 258 g/mol. The van der Waals surface area contributed by atoms with Crippen LogP contribution < -0.4 is 5.32 Å². The molecule has 1 atom stereocenters. The predicted molar refractivity (Wildman–Crippen MR) is 77.1 cm³/mol. The Morgan fingerprint density at radius 3 is 2.35 bits per heavy atom. The topological polar surface area (TPSA) is 86.6 Å². The van der Waals surface area contributed by atoms with Crippen LogP contribution in [-0.4, -0.2) is 28.7 Å². The maximum atomic E-state index is 11.0. The van der Waals surface area contributed by atoms with Crippen molar-refractivity contribution in [3.8, 4) is 0 Å². The fourth-order valence-electron chi connectivity index (χ4n) is 2.13. The maximum Gasteiger partial charge on any atom is 0.308 e. The molecule has 0 aliphatic carbocycles. The minimum Gasteiger partial charge on any atom is -0.481 e. The van der Waals surface area contributed by atoms with Crippen molar-refractivity contribution >= 4 is 17.6 Å². The molecule has 1 rings (SSSR count). The molecule has 0 radical (unpaired) electrons. The van der Waals surface area contributed by atoms with E-state index < -0.39 is 17.9 Å². The van der Waals surface area contributed by atoms with Crippen molar-refractivity contribution < 1.29 is 19.8 Å². The average molecular weight is 279 g/mol. The standard InChI is InChI=1S/C15H21NO4/c1-9(2)13-5-4-12(6-10(13)3)16-8-11(15(19)20)7-14(17)18/h4-6,9,11,16H,7-8H2,1-3H3,(H,17,18)(H,19,20)/t11-/m0/s1. The zero-order valence-electron chi connectivity index (χ0n) is 12.0. The van der Waals surface area contributed by atoms with E-state index in [0.29, 0.717) is 5.92 Å². The number of carboxylic acids is 2. The molecule has 5 nitrogen and oxygen atoms in total. The monoisotopic (exact) mass is 279 g/mol. The molecular formula is C15H21NO4. The summed E-state index contributed by atoms with van der Waals surface area (Å²) in [5.74, 6) is -2.71. The summed E-state index contributed by atoms with van der Waals surface area (Å²) in [6.45, 7) is 6.33. The fraction of sp³-hybridized carbons (Fsp3) is 0.467. The Labute approximate surface area is 118 Å². The van der Waals surface area contributed by atoms with Gasteiger partial charge in [-0.1, -0.05) is 19.9 Å². The second kappa shape index (κ2) is 6.93. The zero-order valence-corrected chi connectivity index (χ0v) is 12.0. The molecule has 0 unspecified atom stereocenters. The van der Waals surface area contributed by atoms with Gasteiger partial charge >= 0.3 is 11.9 Å². The minimum absolute atomic E-state index is 0.0993. The number of anilines is 1. The number of nitrogens with one attached hydrogen (secondary N) is 1. The van der Waals surface area contributed by atoms with E-state index in [1.165, 1.54) is 5.56 Å². The molecule has 1 aromatic carbocycles.